The largest absolute Gasteiger partial charge is 0.479 e. The Labute approximate surface area is 189 Å². The molecule has 14 nitrogen and oxygen atoms in total. The van der Waals surface area contributed by atoms with Gasteiger partial charge < -0.3 is 36.8 Å². The number of amides is 2. The van der Waals surface area contributed by atoms with Crippen LogP contribution < -0.4 is 27.8 Å². The van der Waals surface area contributed by atoms with Gasteiger partial charge in [-0.15, -0.1) is 0 Å². The van der Waals surface area contributed by atoms with Crippen molar-refractivity contribution in [3.8, 4) is 0 Å². The smallest absolute Gasteiger partial charge is 0.351 e. The first kappa shape index (κ1) is 25.3. The van der Waals surface area contributed by atoms with E-state index in [1.54, 1.807) is 7.05 Å². The number of guanidine groups is 1. The topological polar surface area (TPSA) is 219 Å². The van der Waals surface area contributed by atoms with Gasteiger partial charge in [0.1, 0.15) is 5.82 Å². The first-order valence-electron chi connectivity index (χ1n) is 10.0. The van der Waals surface area contributed by atoms with E-state index in [4.69, 9.17) is 21.6 Å². The van der Waals surface area contributed by atoms with Crippen molar-refractivity contribution in [1.82, 2.24) is 25.1 Å². The molecule has 0 saturated carbocycles. The molecule has 0 bridgehead atoms. The Morgan fingerprint density at radius 2 is 2.09 bits per heavy atom. The summed E-state index contributed by atoms with van der Waals surface area (Å²) in [6, 6.07) is -0.205. The summed E-state index contributed by atoms with van der Waals surface area (Å²) in [4.78, 5) is 52.9. The molecule has 0 radical (unpaired) electrons. The molecular formula is C19H28N8O6. The number of nitrogens with one attached hydrogen (secondary N) is 3. The summed E-state index contributed by atoms with van der Waals surface area (Å²) in [5.41, 5.74) is 10.1. The lowest BCUT2D eigenvalue weighted by molar-refractivity contribution is -0.159. The average molecular weight is 464 g/mol. The number of anilines is 1. The zero-order valence-corrected chi connectivity index (χ0v) is 18.2. The molecule has 33 heavy (non-hydrogen) atoms. The van der Waals surface area contributed by atoms with Crippen molar-refractivity contribution in [3.63, 3.8) is 0 Å². The Bertz CT molecular complexity index is 993. The minimum atomic E-state index is -1.48. The summed E-state index contributed by atoms with van der Waals surface area (Å²) < 4.78 is 6.58. The van der Waals surface area contributed by atoms with Gasteiger partial charge in [-0.2, -0.15) is 4.98 Å². The maximum Gasteiger partial charge on any atom is 0.351 e. The van der Waals surface area contributed by atoms with Crippen molar-refractivity contribution >= 4 is 29.6 Å². The fourth-order valence-electron chi connectivity index (χ4n) is 3.16. The van der Waals surface area contributed by atoms with Crippen molar-refractivity contribution in [3.05, 3.63) is 34.9 Å². The summed E-state index contributed by atoms with van der Waals surface area (Å²) in [6.07, 6.45) is 1.85. The third-order valence-corrected chi connectivity index (χ3v) is 4.86. The fraction of sp³-hybridized carbons (Fsp3) is 0.474. The molecule has 0 aromatic carbocycles. The fourth-order valence-corrected chi connectivity index (χ4v) is 3.16. The number of nitrogens with zero attached hydrogens (tertiary/aromatic N) is 3. The van der Waals surface area contributed by atoms with E-state index in [9.17, 15) is 24.3 Å². The minimum Gasteiger partial charge on any atom is -0.479 e. The van der Waals surface area contributed by atoms with E-state index in [-0.39, 0.29) is 24.1 Å². The van der Waals surface area contributed by atoms with Crippen molar-refractivity contribution in [2.75, 3.05) is 19.3 Å². The number of hydrogen-bond acceptors (Lipinski definition) is 8. The quantitative estimate of drug-likeness (QED) is 0.133. The van der Waals surface area contributed by atoms with Gasteiger partial charge in [0.2, 0.25) is 11.8 Å². The summed E-state index contributed by atoms with van der Waals surface area (Å²) in [7, 11) is 1.60. The van der Waals surface area contributed by atoms with Crippen LogP contribution in [-0.2, 0) is 19.1 Å². The van der Waals surface area contributed by atoms with Crippen LogP contribution in [0.4, 0.5) is 5.82 Å². The van der Waals surface area contributed by atoms with Crippen LogP contribution in [0.1, 0.15) is 26.0 Å². The number of rotatable bonds is 9. The van der Waals surface area contributed by atoms with Crippen LogP contribution >= 0.6 is 0 Å². The number of aliphatic carboxylic acids is 1. The average Bonchev–Trinajstić information content (AvgIpc) is 2.71. The highest BCUT2D eigenvalue weighted by molar-refractivity contribution is 5.81. The lowest BCUT2D eigenvalue weighted by atomic mass is 10.1. The van der Waals surface area contributed by atoms with Gasteiger partial charge in [-0.3, -0.25) is 19.6 Å². The predicted octanol–water partition coefficient (Wildman–Crippen LogP) is -2.04. The predicted molar refractivity (Wildman–Crippen MR) is 117 cm³/mol. The highest BCUT2D eigenvalue weighted by atomic mass is 16.5. The van der Waals surface area contributed by atoms with Crippen LogP contribution in [-0.4, -0.2) is 75.1 Å². The molecule has 8 N–H and O–H groups in total. The Morgan fingerprint density at radius 1 is 1.39 bits per heavy atom. The van der Waals surface area contributed by atoms with Crippen LogP contribution in [0.3, 0.4) is 0 Å². The van der Waals surface area contributed by atoms with Gasteiger partial charge in [0.25, 0.3) is 0 Å². The van der Waals surface area contributed by atoms with Crippen molar-refractivity contribution < 1.29 is 24.2 Å². The number of ether oxygens (including phenoxy) is 1. The summed E-state index contributed by atoms with van der Waals surface area (Å²) in [5.74, 6) is -2.34. The number of carbonyl (C=O) groups excluding carboxylic acids is 2. The molecular weight excluding hydrogens is 436 g/mol. The van der Waals surface area contributed by atoms with E-state index in [1.165, 1.54) is 36.2 Å². The highest BCUT2D eigenvalue weighted by Crippen LogP contribution is 2.21. The van der Waals surface area contributed by atoms with Crippen molar-refractivity contribution in [1.29, 1.82) is 5.41 Å². The molecule has 0 spiro atoms. The van der Waals surface area contributed by atoms with Gasteiger partial charge >= 0.3 is 11.7 Å². The molecule has 0 aliphatic carbocycles. The lowest BCUT2D eigenvalue weighted by Gasteiger charge is -2.31. The molecule has 180 valence electrons. The number of carboxylic acids is 1. The second-order valence-electron chi connectivity index (χ2n) is 7.50. The SMILES string of the molecule is CC(=O)NC(CCN(C)C(=N)N)CC(=O)NC1C=CC(n2ccc(N)nc2=O)OC1C(=O)O. The Morgan fingerprint density at radius 3 is 2.67 bits per heavy atom. The number of carbonyl (C=O) groups is 3. The van der Waals surface area contributed by atoms with Gasteiger partial charge in [-0.1, -0.05) is 6.08 Å². The molecule has 1 aromatic heterocycles. The third kappa shape index (κ3) is 7.31. The number of nitrogens with two attached hydrogens (primary N) is 2. The number of nitrogen functional groups attached to an aromatic ring is 1. The molecule has 4 unspecified atom stereocenters. The van der Waals surface area contributed by atoms with E-state index in [0.29, 0.717) is 13.0 Å². The van der Waals surface area contributed by atoms with E-state index in [1.807, 2.05) is 0 Å². The van der Waals surface area contributed by atoms with Crippen LogP contribution in [0.5, 0.6) is 0 Å². The molecule has 0 fully saturated rings. The Kier molecular flexibility index (Phi) is 8.50. The molecule has 2 rings (SSSR count). The monoisotopic (exact) mass is 464 g/mol. The number of hydrogen-bond donors (Lipinski definition) is 6. The standard InChI is InChI=1S/C19H28N8O6/c1-10(28)23-11(5-7-26(2)18(21)22)9-14(29)24-12-3-4-15(33-16(12)17(30)31)27-8-6-13(20)25-19(27)32/h3-4,6,8,11-12,15-16H,5,7,9H2,1-2H3,(H3,21,22)(H,23,28)(H,24,29)(H,30,31)(H2,20,25,32). The van der Waals surface area contributed by atoms with E-state index >= 15 is 0 Å². The summed E-state index contributed by atoms with van der Waals surface area (Å²) in [5, 5.41) is 22.2. The van der Waals surface area contributed by atoms with Gasteiger partial charge in [-0.25, -0.2) is 9.59 Å². The van der Waals surface area contributed by atoms with Gasteiger partial charge in [-0.05, 0) is 18.6 Å². The van der Waals surface area contributed by atoms with E-state index < -0.39 is 42.0 Å². The van der Waals surface area contributed by atoms with Gasteiger partial charge in [0.15, 0.2) is 18.3 Å². The van der Waals surface area contributed by atoms with Crippen LogP contribution in [0.25, 0.3) is 0 Å². The van der Waals surface area contributed by atoms with Crippen LogP contribution in [0.2, 0.25) is 0 Å². The Balaban J connectivity index is 2.08. The van der Waals surface area contributed by atoms with Crippen molar-refractivity contribution in [2.24, 2.45) is 5.73 Å². The van der Waals surface area contributed by atoms with E-state index in [0.717, 1.165) is 4.57 Å². The maximum atomic E-state index is 12.6. The second kappa shape index (κ2) is 11.1. The molecule has 1 aromatic rings. The van der Waals surface area contributed by atoms with Gasteiger partial charge in [0.05, 0.1) is 6.04 Å². The number of carboxylic acid groups (broad SMARTS) is 1. The van der Waals surface area contributed by atoms with Crippen LogP contribution in [0, 0.1) is 5.41 Å². The molecule has 1 aliphatic heterocycles. The van der Waals surface area contributed by atoms with Crippen LogP contribution in [0.15, 0.2) is 29.2 Å². The zero-order chi connectivity index (χ0) is 24.7. The molecule has 2 heterocycles. The van der Waals surface area contributed by atoms with Crippen molar-refractivity contribution in [2.45, 2.75) is 44.2 Å². The molecule has 0 saturated heterocycles. The Hall–Kier alpha value is -3.94. The normalized spacial score (nSPS) is 20.5. The molecule has 14 heteroatoms. The summed E-state index contributed by atoms with van der Waals surface area (Å²) in [6.45, 7) is 1.63. The molecule has 2 amide bonds. The van der Waals surface area contributed by atoms with Gasteiger partial charge in [0, 0.05) is 39.2 Å². The molecule has 4 atom stereocenters. The first-order valence-corrected chi connectivity index (χ1v) is 10.0. The highest BCUT2D eigenvalue weighted by Gasteiger charge is 2.35. The molecule has 1 aliphatic rings. The third-order valence-electron chi connectivity index (χ3n) is 4.86. The number of aromatic nitrogens is 2. The zero-order valence-electron chi connectivity index (χ0n) is 18.2. The maximum absolute atomic E-state index is 12.6. The first-order chi connectivity index (χ1) is 15.5. The van der Waals surface area contributed by atoms with E-state index in [2.05, 4.69) is 15.6 Å². The lowest BCUT2D eigenvalue weighted by Crippen LogP contribution is -2.51. The summed E-state index contributed by atoms with van der Waals surface area (Å²) >= 11 is 0. The minimum absolute atomic E-state index is 0.0131. The second-order valence-corrected chi connectivity index (χ2v) is 7.50.